The van der Waals surface area contributed by atoms with E-state index in [1.807, 2.05) is 37.4 Å². The number of hydrogen-bond acceptors (Lipinski definition) is 6. The number of anilines is 1. The zero-order chi connectivity index (χ0) is 21.1. The molecule has 1 saturated carbocycles. The molecule has 1 fully saturated rings. The van der Waals surface area contributed by atoms with Gasteiger partial charge in [0.2, 0.25) is 5.88 Å². The van der Waals surface area contributed by atoms with Gasteiger partial charge in [-0.05, 0) is 42.7 Å². The van der Waals surface area contributed by atoms with E-state index in [2.05, 4.69) is 27.5 Å². The first kappa shape index (κ1) is 19.9. The van der Waals surface area contributed by atoms with Crippen LogP contribution < -0.4 is 20.3 Å². The third-order valence-electron chi connectivity index (χ3n) is 5.36. The van der Waals surface area contributed by atoms with Gasteiger partial charge in [0, 0.05) is 43.4 Å². The minimum absolute atomic E-state index is 0.191. The topological polar surface area (TPSA) is 78.3 Å². The molecule has 0 radical (unpaired) electrons. The number of rotatable bonds is 8. The highest BCUT2D eigenvalue weighted by molar-refractivity contribution is 5.44. The van der Waals surface area contributed by atoms with Crippen LogP contribution >= 0.6 is 0 Å². The van der Waals surface area contributed by atoms with Crippen LogP contribution in [0.1, 0.15) is 29.2 Å². The summed E-state index contributed by atoms with van der Waals surface area (Å²) < 4.78 is 12.4. The summed E-state index contributed by atoms with van der Waals surface area (Å²) in [5.74, 6) is 2.10. The molecule has 1 N–H and O–H groups in total. The molecule has 1 aliphatic rings. The Morgan fingerprint density at radius 1 is 1.20 bits per heavy atom. The zero-order valence-corrected chi connectivity index (χ0v) is 17.5. The second-order valence-electron chi connectivity index (χ2n) is 7.70. The fourth-order valence-corrected chi connectivity index (χ4v) is 3.40. The Labute approximate surface area is 175 Å². The number of hydrogen-bond donors (Lipinski definition) is 1. The lowest BCUT2D eigenvalue weighted by Crippen LogP contribution is -2.24. The highest BCUT2D eigenvalue weighted by atomic mass is 16.5. The lowest BCUT2D eigenvalue weighted by Gasteiger charge is -2.11. The van der Waals surface area contributed by atoms with Gasteiger partial charge >= 0.3 is 0 Å². The predicted octanol–water partition coefficient (Wildman–Crippen LogP) is 3.29. The summed E-state index contributed by atoms with van der Waals surface area (Å²) >= 11 is 0. The van der Waals surface area contributed by atoms with Crippen molar-refractivity contribution in [1.29, 1.82) is 0 Å². The summed E-state index contributed by atoms with van der Waals surface area (Å²) in [6.07, 6.45) is 2.96. The molecule has 1 aromatic carbocycles. The van der Waals surface area contributed by atoms with E-state index >= 15 is 0 Å². The molecule has 30 heavy (non-hydrogen) atoms. The van der Waals surface area contributed by atoms with E-state index in [9.17, 15) is 4.79 Å². The molecular formula is C23H26N4O3. The van der Waals surface area contributed by atoms with Crippen LogP contribution in [-0.4, -0.2) is 28.5 Å². The molecule has 7 nitrogen and oxygen atoms in total. The van der Waals surface area contributed by atoms with Crippen LogP contribution in [0.4, 0.5) is 5.69 Å². The fourth-order valence-electron chi connectivity index (χ4n) is 3.40. The summed E-state index contributed by atoms with van der Waals surface area (Å²) in [6, 6.07) is 13.6. The van der Waals surface area contributed by atoms with E-state index in [1.165, 1.54) is 4.68 Å². The smallest absolute Gasteiger partial charge is 0.290 e. The van der Waals surface area contributed by atoms with Crippen molar-refractivity contribution < 1.29 is 9.47 Å². The first-order valence-electron chi connectivity index (χ1n) is 10.0. The first-order chi connectivity index (χ1) is 14.5. The van der Waals surface area contributed by atoms with E-state index in [1.54, 1.807) is 20.2 Å². The number of nitrogens with zero attached hydrogens (tertiary/aromatic N) is 3. The van der Waals surface area contributed by atoms with Gasteiger partial charge in [-0.3, -0.25) is 9.78 Å². The van der Waals surface area contributed by atoms with Crippen molar-refractivity contribution in [1.82, 2.24) is 14.8 Å². The van der Waals surface area contributed by atoms with E-state index in [0.717, 1.165) is 29.0 Å². The molecule has 2 unspecified atom stereocenters. The quantitative estimate of drug-likeness (QED) is 0.619. The first-order valence-corrected chi connectivity index (χ1v) is 10.0. The van der Waals surface area contributed by atoms with Crippen molar-refractivity contribution in [2.75, 3.05) is 19.0 Å². The molecule has 7 heteroatoms. The largest absolute Gasteiger partial charge is 0.497 e. The fraction of sp³-hybridized carbons (Fsp3) is 0.348. The van der Waals surface area contributed by atoms with Gasteiger partial charge in [-0.2, -0.15) is 0 Å². The van der Waals surface area contributed by atoms with Crippen LogP contribution in [0.25, 0.3) is 0 Å². The van der Waals surface area contributed by atoms with Crippen LogP contribution in [0.5, 0.6) is 11.6 Å². The Hall–Kier alpha value is -3.35. The Balaban J connectivity index is 1.36. The van der Waals surface area contributed by atoms with E-state index < -0.39 is 0 Å². The van der Waals surface area contributed by atoms with Crippen molar-refractivity contribution in [3.8, 4) is 11.6 Å². The predicted molar refractivity (Wildman–Crippen MR) is 115 cm³/mol. The summed E-state index contributed by atoms with van der Waals surface area (Å²) in [4.78, 5) is 16.9. The average Bonchev–Trinajstić information content (AvgIpc) is 3.54. The van der Waals surface area contributed by atoms with Crippen LogP contribution in [-0.2, 0) is 13.6 Å². The molecule has 156 valence electrons. The van der Waals surface area contributed by atoms with E-state index in [-0.39, 0.29) is 5.56 Å². The van der Waals surface area contributed by atoms with Gasteiger partial charge in [0.1, 0.15) is 11.4 Å². The minimum Gasteiger partial charge on any atom is -0.497 e. The second kappa shape index (κ2) is 8.57. The maximum Gasteiger partial charge on any atom is 0.290 e. The standard InChI is InChI=1S/C23H26N4O3/c1-15-4-9-20(24-12-15)19-10-17(19)14-30-22-11-21(23(28)27(2)26-22)25-13-16-5-7-18(29-3)8-6-16/h4-9,11-12,17,19,25H,10,13-14H2,1-3H3. The Morgan fingerprint density at radius 2 is 2.00 bits per heavy atom. The molecule has 4 rings (SSSR count). The number of aryl methyl sites for hydroxylation is 2. The highest BCUT2D eigenvalue weighted by Gasteiger charge is 2.40. The van der Waals surface area contributed by atoms with Gasteiger partial charge in [0.05, 0.1) is 13.7 Å². The number of aromatic nitrogens is 3. The number of ether oxygens (including phenoxy) is 2. The lowest BCUT2D eigenvalue weighted by atomic mass is 10.2. The molecule has 0 aliphatic heterocycles. The summed E-state index contributed by atoms with van der Waals surface area (Å²) in [5.41, 5.74) is 3.60. The van der Waals surface area contributed by atoms with Crippen LogP contribution in [0.3, 0.4) is 0 Å². The van der Waals surface area contributed by atoms with Crippen molar-refractivity contribution in [3.63, 3.8) is 0 Å². The lowest BCUT2D eigenvalue weighted by molar-refractivity contribution is 0.278. The summed E-state index contributed by atoms with van der Waals surface area (Å²) in [5, 5.41) is 7.42. The van der Waals surface area contributed by atoms with Crippen molar-refractivity contribution in [2.45, 2.75) is 25.8 Å². The molecule has 2 aromatic heterocycles. The van der Waals surface area contributed by atoms with Gasteiger partial charge in [-0.1, -0.05) is 18.2 Å². The SMILES string of the molecule is COc1ccc(CNc2cc(OCC3CC3c3ccc(C)cn3)nn(C)c2=O)cc1. The monoisotopic (exact) mass is 406 g/mol. The van der Waals surface area contributed by atoms with Crippen molar-refractivity contribution in [2.24, 2.45) is 13.0 Å². The van der Waals surface area contributed by atoms with Gasteiger partial charge in [0.15, 0.2) is 0 Å². The molecule has 0 spiro atoms. The number of benzene rings is 1. The number of pyridine rings is 1. The zero-order valence-electron chi connectivity index (χ0n) is 17.5. The second-order valence-corrected chi connectivity index (χ2v) is 7.70. The molecule has 2 atom stereocenters. The summed E-state index contributed by atoms with van der Waals surface area (Å²) in [6.45, 7) is 3.12. The average molecular weight is 406 g/mol. The van der Waals surface area contributed by atoms with E-state index in [4.69, 9.17) is 9.47 Å². The van der Waals surface area contributed by atoms with Crippen LogP contribution in [0.15, 0.2) is 53.5 Å². The Morgan fingerprint density at radius 3 is 2.70 bits per heavy atom. The van der Waals surface area contributed by atoms with E-state index in [0.29, 0.717) is 36.6 Å². The molecular weight excluding hydrogens is 380 g/mol. The maximum absolute atomic E-state index is 12.4. The van der Waals surface area contributed by atoms with Crippen LogP contribution in [0, 0.1) is 12.8 Å². The molecule has 0 saturated heterocycles. The molecule has 3 aromatic rings. The van der Waals surface area contributed by atoms with Crippen molar-refractivity contribution >= 4 is 5.69 Å². The molecule has 2 heterocycles. The molecule has 1 aliphatic carbocycles. The normalized spacial score (nSPS) is 17.4. The van der Waals surface area contributed by atoms with Gasteiger partial charge in [-0.15, -0.1) is 5.10 Å². The van der Waals surface area contributed by atoms with Gasteiger partial charge in [0.25, 0.3) is 5.56 Å². The summed E-state index contributed by atoms with van der Waals surface area (Å²) in [7, 11) is 3.26. The Bertz CT molecular complexity index is 1060. The third-order valence-corrected chi connectivity index (χ3v) is 5.36. The van der Waals surface area contributed by atoms with Crippen LogP contribution in [0.2, 0.25) is 0 Å². The molecule has 0 bridgehead atoms. The highest BCUT2D eigenvalue weighted by Crippen LogP contribution is 2.46. The van der Waals surface area contributed by atoms with Gasteiger partial charge < -0.3 is 14.8 Å². The minimum atomic E-state index is -0.191. The van der Waals surface area contributed by atoms with Crippen molar-refractivity contribution in [3.05, 3.63) is 75.8 Å². The number of nitrogens with one attached hydrogen (secondary N) is 1. The maximum atomic E-state index is 12.4. The number of methoxy groups -OCH3 is 1. The Kier molecular flexibility index (Phi) is 5.70. The molecule has 0 amide bonds. The third kappa shape index (κ3) is 4.62. The van der Waals surface area contributed by atoms with Gasteiger partial charge in [-0.25, -0.2) is 4.68 Å².